The number of aromatic nitrogens is 1. The summed E-state index contributed by atoms with van der Waals surface area (Å²) in [6, 6.07) is 10.7. The van der Waals surface area contributed by atoms with Gasteiger partial charge in [0.1, 0.15) is 5.75 Å². The molecule has 1 aromatic heterocycles. The molecule has 0 fully saturated rings. The van der Waals surface area contributed by atoms with Gasteiger partial charge in [-0.1, -0.05) is 46.7 Å². The van der Waals surface area contributed by atoms with Crippen molar-refractivity contribution in [1.82, 2.24) is 4.98 Å². The van der Waals surface area contributed by atoms with Crippen molar-refractivity contribution >= 4 is 55.8 Å². The highest BCUT2D eigenvalue weighted by Gasteiger charge is 2.10. The molecular weight excluding hydrogens is 355 g/mol. The van der Waals surface area contributed by atoms with Gasteiger partial charge in [0.25, 0.3) is 5.91 Å². The van der Waals surface area contributed by atoms with E-state index >= 15 is 0 Å². The molecule has 0 unspecified atom stereocenters. The second kappa shape index (κ2) is 6.74. The molecule has 0 aliphatic heterocycles. The number of carbonyl (C=O) groups is 1. The van der Waals surface area contributed by atoms with E-state index in [4.69, 9.17) is 27.9 Å². The van der Waals surface area contributed by atoms with Crippen LogP contribution in [0.4, 0.5) is 5.13 Å². The molecule has 2 aromatic carbocycles. The largest absolute Gasteiger partial charge is 0.482 e. The molecule has 0 bridgehead atoms. The van der Waals surface area contributed by atoms with Gasteiger partial charge in [-0.25, -0.2) is 4.98 Å². The quantitative estimate of drug-likeness (QED) is 0.712. The number of benzene rings is 2. The molecule has 0 spiro atoms. The minimum absolute atomic E-state index is 0.139. The van der Waals surface area contributed by atoms with Crippen molar-refractivity contribution in [2.75, 3.05) is 11.9 Å². The summed E-state index contributed by atoms with van der Waals surface area (Å²) in [5.74, 6) is 0.169. The van der Waals surface area contributed by atoms with Crippen LogP contribution < -0.4 is 10.1 Å². The van der Waals surface area contributed by atoms with Gasteiger partial charge in [0, 0.05) is 5.02 Å². The average Bonchev–Trinajstić information content (AvgIpc) is 2.88. The smallest absolute Gasteiger partial charge is 0.264 e. The fraction of sp³-hybridized carbons (Fsp3) is 0.125. The third-order valence-electron chi connectivity index (χ3n) is 3.11. The van der Waals surface area contributed by atoms with Crippen LogP contribution in [0.15, 0.2) is 36.4 Å². The molecule has 23 heavy (non-hydrogen) atoms. The molecule has 118 valence electrons. The number of rotatable bonds is 4. The first-order chi connectivity index (χ1) is 11.0. The van der Waals surface area contributed by atoms with E-state index in [1.807, 2.05) is 13.0 Å². The zero-order valence-electron chi connectivity index (χ0n) is 12.1. The van der Waals surface area contributed by atoms with Gasteiger partial charge in [0.2, 0.25) is 0 Å². The van der Waals surface area contributed by atoms with Crippen LogP contribution in [0, 0.1) is 6.92 Å². The molecule has 3 rings (SSSR count). The van der Waals surface area contributed by atoms with Crippen LogP contribution in [-0.4, -0.2) is 17.5 Å². The van der Waals surface area contributed by atoms with Gasteiger partial charge in [-0.05, 0) is 36.8 Å². The number of thiazole rings is 1. The molecular formula is C16H12Cl2N2O2S. The van der Waals surface area contributed by atoms with Gasteiger partial charge in [-0.2, -0.15) is 0 Å². The number of ether oxygens (including phenoxy) is 1. The molecule has 0 aliphatic carbocycles. The van der Waals surface area contributed by atoms with Crippen LogP contribution in [0.1, 0.15) is 5.56 Å². The predicted octanol–water partition coefficient (Wildman–Crippen LogP) is 4.93. The Balaban J connectivity index is 1.67. The molecule has 0 atom stereocenters. The number of para-hydroxylation sites is 1. The van der Waals surface area contributed by atoms with E-state index in [-0.39, 0.29) is 12.5 Å². The average molecular weight is 367 g/mol. The number of fused-ring (bicyclic) bond motifs is 1. The van der Waals surface area contributed by atoms with Gasteiger partial charge < -0.3 is 4.74 Å². The molecule has 7 heteroatoms. The SMILES string of the molecule is Cc1cc2sc(NC(=O)COc3ccccc3Cl)nc2cc1Cl. The third kappa shape index (κ3) is 3.75. The first kappa shape index (κ1) is 16.1. The lowest BCUT2D eigenvalue weighted by Gasteiger charge is -2.06. The van der Waals surface area contributed by atoms with Crippen molar-refractivity contribution < 1.29 is 9.53 Å². The summed E-state index contributed by atoms with van der Waals surface area (Å²) in [5, 5.41) is 4.34. The molecule has 0 saturated carbocycles. The first-order valence-electron chi connectivity index (χ1n) is 6.77. The van der Waals surface area contributed by atoms with Gasteiger partial charge in [-0.3, -0.25) is 10.1 Å². The number of halogens is 2. The summed E-state index contributed by atoms with van der Waals surface area (Å²) in [4.78, 5) is 16.3. The van der Waals surface area contributed by atoms with Crippen LogP contribution >= 0.6 is 34.5 Å². The van der Waals surface area contributed by atoms with Crippen molar-refractivity contribution in [3.8, 4) is 5.75 Å². The number of amides is 1. The summed E-state index contributed by atoms with van der Waals surface area (Å²) in [6.07, 6.45) is 0. The predicted molar refractivity (Wildman–Crippen MR) is 94.9 cm³/mol. The standard InChI is InChI=1S/C16H12Cl2N2O2S/c1-9-6-14-12(7-11(9)18)19-16(23-14)20-15(21)8-22-13-5-3-2-4-10(13)17/h2-7H,8H2,1H3,(H,19,20,21). The molecule has 1 N–H and O–H groups in total. The highest BCUT2D eigenvalue weighted by Crippen LogP contribution is 2.30. The van der Waals surface area contributed by atoms with Gasteiger partial charge in [0.05, 0.1) is 15.2 Å². The monoisotopic (exact) mass is 366 g/mol. The van der Waals surface area contributed by atoms with Crippen LogP contribution in [0.25, 0.3) is 10.2 Å². The van der Waals surface area contributed by atoms with E-state index in [9.17, 15) is 4.79 Å². The fourth-order valence-corrected chi connectivity index (χ4v) is 3.27. The third-order valence-corrected chi connectivity index (χ3v) is 4.76. The van der Waals surface area contributed by atoms with Crippen LogP contribution in [0.3, 0.4) is 0 Å². The maximum Gasteiger partial charge on any atom is 0.264 e. The molecule has 1 amide bonds. The Morgan fingerprint density at radius 3 is 2.83 bits per heavy atom. The van der Waals surface area contributed by atoms with E-state index in [0.717, 1.165) is 15.8 Å². The fourth-order valence-electron chi connectivity index (χ4n) is 1.96. The van der Waals surface area contributed by atoms with Gasteiger partial charge in [0.15, 0.2) is 11.7 Å². The summed E-state index contributed by atoms with van der Waals surface area (Å²) >= 11 is 13.4. The molecule has 1 heterocycles. The summed E-state index contributed by atoms with van der Waals surface area (Å²) in [5.41, 5.74) is 1.73. The lowest BCUT2D eigenvalue weighted by atomic mass is 10.2. The summed E-state index contributed by atoms with van der Waals surface area (Å²) in [6.45, 7) is 1.79. The van der Waals surface area contributed by atoms with Crippen molar-refractivity contribution in [2.24, 2.45) is 0 Å². The minimum atomic E-state index is -0.299. The number of nitrogens with zero attached hydrogens (tertiary/aromatic N) is 1. The van der Waals surface area contributed by atoms with E-state index in [1.165, 1.54) is 11.3 Å². The second-order valence-electron chi connectivity index (χ2n) is 4.86. The number of nitrogens with one attached hydrogen (secondary N) is 1. The number of carbonyl (C=O) groups excluding carboxylic acids is 1. The van der Waals surface area contributed by atoms with Crippen molar-refractivity contribution in [1.29, 1.82) is 0 Å². The van der Waals surface area contributed by atoms with Crippen LogP contribution in [0.5, 0.6) is 5.75 Å². The maximum absolute atomic E-state index is 12.0. The zero-order valence-corrected chi connectivity index (χ0v) is 14.4. The van der Waals surface area contributed by atoms with E-state index in [2.05, 4.69) is 10.3 Å². The zero-order chi connectivity index (χ0) is 16.4. The highest BCUT2D eigenvalue weighted by atomic mass is 35.5. The number of hydrogen-bond donors (Lipinski definition) is 1. The number of aryl methyl sites for hydroxylation is 1. The van der Waals surface area contributed by atoms with Crippen LogP contribution in [0.2, 0.25) is 10.0 Å². The van der Waals surface area contributed by atoms with Crippen molar-refractivity contribution in [2.45, 2.75) is 6.92 Å². The summed E-state index contributed by atoms with van der Waals surface area (Å²) < 4.78 is 6.36. The lowest BCUT2D eigenvalue weighted by molar-refractivity contribution is -0.118. The Labute approximate surface area is 147 Å². The Bertz CT molecular complexity index is 841. The van der Waals surface area contributed by atoms with E-state index < -0.39 is 0 Å². The first-order valence-corrected chi connectivity index (χ1v) is 8.34. The van der Waals surface area contributed by atoms with Crippen molar-refractivity contribution in [3.63, 3.8) is 0 Å². The van der Waals surface area contributed by atoms with E-state index in [1.54, 1.807) is 30.3 Å². The Kier molecular flexibility index (Phi) is 4.71. The maximum atomic E-state index is 12.0. The number of hydrogen-bond acceptors (Lipinski definition) is 4. The van der Waals surface area contributed by atoms with Crippen molar-refractivity contribution in [3.05, 3.63) is 52.0 Å². The topological polar surface area (TPSA) is 51.2 Å². The minimum Gasteiger partial charge on any atom is -0.482 e. The molecule has 0 radical (unpaired) electrons. The normalized spacial score (nSPS) is 10.7. The summed E-state index contributed by atoms with van der Waals surface area (Å²) in [7, 11) is 0. The second-order valence-corrected chi connectivity index (χ2v) is 6.70. The molecule has 3 aromatic rings. The Morgan fingerprint density at radius 1 is 1.26 bits per heavy atom. The van der Waals surface area contributed by atoms with Crippen LogP contribution in [-0.2, 0) is 4.79 Å². The lowest BCUT2D eigenvalue weighted by Crippen LogP contribution is -2.20. The molecule has 4 nitrogen and oxygen atoms in total. The van der Waals surface area contributed by atoms with Gasteiger partial charge >= 0.3 is 0 Å². The Morgan fingerprint density at radius 2 is 2.04 bits per heavy atom. The molecule has 0 aliphatic rings. The number of anilines is 1. The Hall–Kier alpha value is -1.82. The highest BCUT2D eigenvalue weighted by molar-refractivity contribution is 7.22. The molecule has 0 saturated heterocycles. The van der Waals surface area contributed by atoms with E-state index in [0.29, 0.717) is 20.9 Å². The van der Waals surface area contributed by atoms with Gasteiger partial charge in [-0.15, -0.1) is 0 Å².